The Labute approximate surface area is 132 Å². The SMILES string of the molecule is COc1ccc(CNC(=O)c2oc3c(F)cccc3c2C)cc1. The lowest BCUT2D eigenvalue weighted by atomic mass is 10.1. The Balaban J connectivity index is 1.78. The number of nitrogens with one attached hydrogen (secondary N) is 1. The van der Waals surface area contributed by atoms with Gasteiger partial charge in [0.05, 0.1) is 7.11 Å². The van der Waals surface area contributed by atoms with Gasteiger partial charge in [-0.3, -0.25) is 4.79 Å². The molecule has 1 heterocycles. The standard InChI is InChI=1S/C18H16FNO3/c1-11-14-4-3-5-15(19)17(14)23-16(11)18(21)20-10-12-6-8-13(22-2)9-7-12/h3-9H,10H2,1-2H3,(H,20,21). The maximum absolute atomic E-state index is 13.7. The van der Waals surface area contributed by atoms with Crippen LogP contribution in [0, 0.1) is 12.7 Å². The van der Waals surface area contributed by atoms with Crippen molar-refractivity contribution in [2.75, 3.05) is 7.11 Å². The molecule has 0 spiro atoms. The van der Waals surface area contributed by atoms with Crippen molar-refractivity contribution in [3.05, 3.63) is 65.2 Å². The molecule has 0 fully saturated rings. The van der Waals surface area contributed by atoms with Crippen molar-refractivity contribution in [1.29, 1.82) is 0 Å². The number of para-hydroxylation sites is 1. The molecular formula is C18H16FNO3. The first-order valence-electron chi connectivity index (χ1n) is 7.19. The molecule has 23 heavy (non-hydrogen) atoms. The van der Waals surface area contributed by atoms with Crippen molar-refractivity contribution in [2.24, 2.45) is 0 Å². The zero-order chi connectivity index (χ0) is 16.4. The largest absolute Gasteiger partial charge is 0.497 e. The molecule has 0 aliphatic carbocycles. The molecule has 3 rings (SSSR count). The summed E-state index contributed by atoms with van der Waals surface area (Å²) >= 11 is 0. The van der Waals surface area contributed by atoms with Gasteiger partial charge in [-0.15, -0.1) is 0 Å². The van der Waals surface area contributed by atoms with Gasteiger partial charge in [0.2, 0.25) is 0 Å². The first kappa shape index (κ1) is 15.1. The van der Waals surface area contributed by atoms with Crippen molar-refractivity contribution < 1.29 is 18.3 Å². The zero-order valence-corrected chi connectivity index (χ0v) is 12.9. The maximum Gasteiger partial charge on any atom is 0.287 e. The Bertz CT molecular complexity index is 853. The molecule has 0 bridgehead atoms. The molecule has 5 heteroatoms. The molecule has 1 aromatic heterocycles. The smallest absolute Gasteiger partial charge is 0.287 e. The first-order chi connectivity index (χ1) is 11.1. The molecule has 2 aromatic carbocycles. The fourth-order valence-electron chi connectivity index (χ4n) is 2.43. The van der Waals surface area contributed by atoms with Crippen LogP contribution in [0.3, 0.4) is 0 Å². The number of benzene rings is 2. The molecule has 0 radical (unpaired) electrons. The van der Waals surface area contributed by atoms with E-state index in [1.54, 1.807) is 26.2 Å². The van der Waals surface area contributed by atoms with Gasteiger partial charge in [0.1, 0.15) is 5.75 Å². The summed E-state index contributed by atoms with van der Waals surface area (Å²) in [5, 5.41) is 3.39. The number of methoxy groups -OCH3 is 1. The van der Waals surface area contributed by atoms with Crippen LogP contribution in [-0.4, -0.2) is 13.0 Å². The molecule has 0 aliphatic heterocycles. The van der Waals surface area contributed by atoms with Gasteiger partial charge in [-0.25, -0.2) is 4.39 Å². The molecule has 118 valence electrons. The van der Waals surface area contributed by atoms with Gasteiger partial charge in [0, 0.05) is 17.5 Å². The molecular weight excluding hydrogens is 297 g/mol. The second-order valence-electron chi connectivity index (χ2n) is 5.20. The fraction of sp³-hybridized carbons (Fsp3) is 0.167. The Hall–Kier alpha value is -2.82. The van der Waals surface area contributed by atoms with E-state index in [9.17, 15) is 9.18 Å². The van der Waals surface area contributed by atoms with E-state index in [1.165, 1.54) is 6.07 Å². The van der Waals surface area contributed by atoms with E-state index >= 15 is 0 Å². The molecule has 0 saturated heterocycles. The highest BCUT2D eigenvalue weighted by molar-refractivity contribution is 5.98. The molecule has 1 amide bonds. The maximum atomic E-state index is 13.7. The van der Waals surface area contributed by atoms with Crippen LogP contribution in [0.1, 0.15) is 21.7 Å². The Morgan fingerprint density at radius 2 is 1.96 bits per heavy atom. The third-order valence-corrected chi connectivity index (χ3v) is 3.73. The number of ether oxygens (including phenoxy) is 1. The second-order valence-corrected chi connectivity index (χ2v) is 5.20. The number of hydrogen-bond acceptors (Lipinski definition) is 3. The van der Waals surface area contributed by atoms with E-state index in [-0.39, 0.29) is 17.3 Å². The van der Waals surface area contributed by atoms with Crippen molar-refractivity contribution in [2.45, 2.75) is 13.5 Å². The quantitative estimate of drug-likeness (QED) is 0.796. The van der Waals surface area contributed by atoms with Crippen LogP contribution in [0.15, 0.2) is 46.9 Å². The predicted octanol–water partition coefficient (Wildman–Crippen LogP) is 3.82. The number of amides is 1. The van der Waals surface area contributed by atoms with Gasteiger partial charge in [-0.1, -0.05) is 24.3 Å². The van der Waals surface area contributed by atoms with Crippen LogP contribution in [0.2, 0.25) is 0 Å². The van der Waals surface area contributed by atoms with E-state index in [0.717, 1.165) is 11.3 Å². The van der Waals surface area contributed by atoms with E-state index < -0.39 is 5.82 Å². The molecule has 0 unspecified atom stereocenters. The first-order valence-corrected chi connectivity index (χ1v) is 7.19. The van der Waals surface area contributed by atoms with Crippen LogP contribution < -0.4 is 10.1 Å². The minimum Gasteiger partial charge on any atom is -0.497 e. The topological polar surface area (TPSA) is 51.5 Å². The Morgan fingerprint density at radius 3 is 2.61 bits per heavy atom. The fourth-order valence-corrected chi connectivity index (χ4v) is 2.43. The lowest BCUT2D eigenvalue weighted by Gasteiger charge is -2.05. The van der Waals surface area contributed by atoms with Crippen molar-refractivity contribution in [3.8, 4) is 5.75 Å². The lowest BCUT2D eigenvalue weighted by Crippen LogP contribution is -2.22. The zero-order valence-electron chi connectivity index (χ0n) is 12.9. The number of fused-ring (bicyclic) bond motifs is 1. The summed E-state index contributed by atoms with van der Waals surface area (Å²) in [5.41, 5.74) is 1.67. The molecule has 0 aliphatic rings. The average Bonchev–Trinajstić information content (AvgIpc) is 2.92. The summed E-state index contributed by atoms with van der Waals surface area (Å²) in [6.45, 7) is 2.09. The normalized spacial score (nSPS) is 10.7. The summed E-state index contributed by atoms with van der Waals surface area (Å²) in [4.78, 5) is 12.3. The predicted molar refractivity (Wildman–Crippen MR) is 85.1 cm³/mol. The van der Waals surface area contributed by atoms with Crippen LogP contribution >= 0.6 is 0 Å². The van der Waals surface area contributed by atoms with Gasteiger partial charge in [0.15, 0.2) is 17.2 Å². The number of aryl methyl sites for hydroxylation is 1. The van der Waals surface area contributed by atoms with Crippen LogP contribution in [-0.2, 0) is 6.54 Å². The van der Waals surface area contributed by atoms with Gasteiger partial charge < -0.3 is 14.5 Å². The van der Waals surface area contributed by atoms with Crippen LogP contribution in [0.5, 0.6) is 5.75 Å². The third-order valence-electron chi connectivity index (χ3n) is 3.73. The number of furan rings is 1. The minimum atomic E-state index is -0.472. The summed E-state index contributed by atoms with van der Waals surface area (Å²) < 4.78 is 24.2. The average molecular weight is 313 g/mol. The van der Waals surface area contributed by atoms with Gasteiger partial charge in [0.25, 0.3) is 5.91 Å². The summed E-state index contributed by atoms with van der Waals surface area (Å²) in [6.07, 6.45) is 0. The van der Waals surface area contributed by atoms with Gasteiger partial charge in [-0.2, -0.15) is 0 Å². The number of halogens is 1. The van der Waals surface area contributed by atoms with E-state index in [2.05, 4.69) is 5.32 Å². The number of carbonyl (C=O) groups is 1. The molecule has 0 saturated carbocycles. The van der Waals surface area contributed by atoms with E-state index in [1.807, 2.05) is 24.3 Å². The second kappa shape index (κ2) is 6.12. The van der Waals surface area contributed by atoms with Crippen LogP contribution in [0.25, 0.3) is 11.0 Å². The van der Waals surface area contributed by atoms with Crippen molar-refractivity contribution in [3.63, 3.8) is 0 Å². The monoisotopic (exact) mass is 313 g/mol. The van der Waals surface area contributed by atoms with E-state index in [0.29, 0.717) is 17.5 Å². The third kappa shape index (κ3) is 2.90. The Kier molecular flexibility index (Phi) is 4.02. The summed E-state index contributed by atoms with van der Waals surface area (Å²) in [7, 11) is 1.60. The molecule has 4 nitrogen and oxygen atoms in total. The molecule has 0 atom stereocenters. The van der Waals surface area contributed by atoms with E-state index in [4.69, 9.17) is 9.15 Å². The lowest BCUT2D eigenvalue weighted by molar-refractivity contribution is 0.0924. The summed E-state index contributed by atoms with van der Waals surface area (Å²) in [6, 6.07) is 12.0. The molecule has 1 N–H and O–H groups in total. The van der Waals surface area contributed by atoms with Crippen molar-refractivity contribution >= 4 is 16.9 Å². The highest BCUT2D eigenvalue weighted by atomic mass is 19.1. The molecule has 3 aromatic rings. The number of hydrogen-bond donors (Lipinski definition) is 1. The van der Waals surface area contributed by atoms with Gasteiger partial charge >= 0.3 is 0 Å². The number of carbonyl (C=O) groups excluding carboxylic acids is 1. The minimum absolute atomic E-state index is 0.111. The highest BCUT2D eigenvalue weighted by Crippen LogP contribution is 2.27. The Morgan fingerprint density at radius 1 is 1.22 bits per heavy atom. The van der Waals surface area contributed by atoms with Crippen LogP contribution in [0.4, 0.5) is 4.39 Å². The number of rotatable bonds is 4. The highest BCUT2D eigenvalue weighted by Gasteiger charge is 2.19. The summed E-state index contributed by atoms with van der Waals surface area (Å²) in [5.74, 6) is 0.0519. The van der Waals surface area contributed by atoms with Gasteiger partial charge in [-0.05, 0) is 30.7 Å². The van der Waals surface area contributed by atoms with Crippen molar-refractivity contribution in [1.82, 2.24) is 5.32 Å².